The van der Waals surface area contributed by atoms with Gasteiger partial charge in [0.25, 0.3) is 5.91 Å². The number of rotatable bonds is 8. The number of amides is 1. The van der Waals surface area contributed by atoms with Crippen LogP contribution in [0.3, 0.4) is 0 Å². The molecule has 0 N–H and O–H groups in total. The molecule has 0 aliphatic rings. The van der Waals surface area contributed by atoms with Gasteiger partial charge in [-0.15, -0.1) is 11.8 Å². The lowest BCUT2D eigenvalue weighted by atomic mass is 10.2. The van der Waals surface area contributed by atoms with Gasteiger partial charge in [-0.05, 0) is 31.4 Å². The van der Waals surface area contributed by atoms with Gasteiger partial charge in [-0.2, -0.15) is 4.99 Å². The second-order valence-corrected chi connectivity index (χ2v) is 7.95. The molecule has 6 nitrogen and oxygen atoms in total. The summed E-state index contributed by atoms with van der Waals surface area (Å²) in [4.78, 5) is 18.9. The summed E-state index contributed by atoms with van der Waals surface area (Å²) in [6.45, 7) is 3.70. The van der Waals surface area contributed by atoms with Crippen LogP contribution in [-0.4, -0.2) is 44.2 Å². The minimum atomic E-state index is -0.267. The lowest BCUT2D eigenvalue weighted by molar-refractivity contribution is 0.0996. The number of methoxy groups -OCH3 is 2. The number of hydrogen-bond donors (Lipinski definition) is 0. The van der Waals surface area contributed by atoms with Crippen LogP contribution in [0, 0.1) is 0 Å². The second-order valence-electron chi connectivity index (χ2n) is 6.06. The Bertz CT molecular complexity index is 1070. The number of carbonyl (C=O) groups is 1. The molecule has 154 valence electrons. The van der Waals surface area contributed by atoms with Crippen LogP contribution in [-0.2, 0) is 11.3 Å². The maximum absolute atomic E-state index is 12.8. The fraction of sp³-hybridized carbons (Fsp3) is 0.333. The first-order chi connectivity index (χ1) is 14.1. The van der Waals surface area contributed by atoms with E-state index in [4.69, 9.17) is 14.2 Å². The standard InChI is InChI=1S/C21H24N2O4S2/c1-5-27-10-9-23-16-12-17(25-2)18(26-3)13-19(16)29-21(23)22-20(24)14-7-6-8-15(11-14)28-4/h6-8,11-13H,5,9-10H2,1-4H3. The highest BCUT2D eigenvalue weighted by molar-refractivity contribution is 7.98. The Balaban J connectivity index is 2.12. The van der Waals surface area contributed by atoms with Gasteiger partial charge in [0.15, 0.2) is 16.3 Å². The van der Waals surface area contributed by atoms with E-state index in [-0.39, 0.29) is 5.91 Å². The molecule has 3 aromatic rings. The topological polar surface area (TPSA) is 62.1 Å². The molecular weight excluding hydrogens is 408 g/mol. The van der Waals surface area contributed by atoms with Crippen molar-refractivity contribution in [1.82, 2.24) is 4.57 Å². The van der Waals surface area contributed by atoms with Crippen LogP contribution in [0.1, 0.15) is 17.3 Å². The molecule has 0 saturated carbocycles. The van der Waals surface area contributed by atoms with Crippen molar-refractivity contribution in [2.75, 3.05) is 33.7 Å². The highest BCUT2D eigenvalue weighted by atomic mass is 32.2. The van der Waals surface area contributed by atoms with Crippen molar-refractivity contribution in [3.63, 3.8) is 0 Å². The maximum Gasteiger partial charge on any atom is 0.279 e. The van der Waals surface area contributed by atoms with Crippen molar-refractivity contribution >= 4 is 39.2 Å². The summed E-state index contributed by atoms with van der Waals surface area (Å²) in [5.74, 6) is 1.01. The SMILES string of the molecule is CCOCCn1c(=NC(=O)c2cccc(SC)c2)sc2cc(OC)c(OC)cc21. The number of thioether (sulfide) groups is 1. The predicted molar refractivity (Wildman–Crippen MR) is 118 cm³/mol. The van der Waals surface area contributed by atoms with E-state index in [9.17, 15) is 4.79 Å². The first kappa shape index (κ1) is 21.4. The smallest absolute Gasteiger partial charge is 0.279 e. The summed E-state index contributed by atoms with van der Waals surface area (Å²) in [5.41, 5.74) is 1.50. The Morgan fingerprint density at radius 1 is 1.17 bits per heavy atom. The average Bonchev–Trinajstić information content (AvgIpc) is 3.08. The number of benzene rings is 2. The molecule has 0 atom stereocenters. The van der Waals surface area contributed by atoms with Gasteiger partial charge in [0.2, 0.25) is 0 Å². The Hall–Kier alpha value is -2.29. The zero-order valence-corrected chi connectivity index (χ0v) is 18.6. The first-order valence-corrected chi connectivity index (χ1v) is 11.2. The molecule has 0 fully saturated rings. The molecule has 8 heteroatoms. The fourth-order valence-electron chi connectivity index (χ4n) is 2.91. The molecule has 0 bridgehead atoms. The van der Waals surface area contributed by atoms with Crippen LogP contribution in [0.4, 0.5) is 0 Å². The normalized spacial score (nSPS) is 11.8. The Morgan fingerprint density at radius 2 is 1.93 bits per heavy atom. The van der Waals surface area contributed by atoms with Crippen molar-refractivity contribution in [3.05, 3.63) is 46.8 Å². The predicted octanol–water partition coefficient (Wildman–Crippen LogP) is 4.22. The molecule has 0 aliphatic carbocycles. The van der Waals surface area contributed by atoms with Crippen LogP contribution in [0.15, 0.2) is 46.3 Å². The van der Waals surface area contributed by atoms with E-state index >= 15 is 0 Å². The van der Waals surface area contributed by atoms with Crippen LogP contribution in [0.5, 0.6) is 11.5 Å². The molecule has 0 spiro atoms. The minimum Gasteiger partial charge on any atom is -0.493 e. The molecular formula is C21H24N2O4S2. The number of fused-ring (bicyclic) bond motifs is 1. The van der Waals surface area contributed by atoms with E-state index in [2.05, 4.69) is 4.99 Å². The van der Waals surface area contributed by atoms with Gasteiger partial charge in [-0.1, -0.05) is 17.4 Å². The quantitative estimate of drug-likeness (QED) is 0.394. The van der Waals surface area contributed by atoms with E-state index in [1.807, 2.05) is 48.1 Å². The van der Waals surface area contributed by atoms with Crippen LogP contribution < -0.4 is 14.3 Å². The highest BCUT2D eigenvalue weighted by Gasteiger charge is 2.14. The average molecular weight is 433 g/mol. The largest absolute Gasteiger partial charge is 0.493 e. The van der Waals surface area contributed by atoms with Gasteiger partial charge in [0.05, 0.1) is 31.0 Å². The maximum atomic E-state index is 12.8. The first-order valence-electron chi connectivity index (χ1n) is 9.17. The van der Waals surface area contributed by atoms with E-state index in [1.165, 1.54) is 11.3 Å². The van der Waals surface area contributed by atoms with Gasteiger partial charge >= 0.3 is 0 Å². The van der Waals surface area contributed by atoms with Gasteiger partial charge in [-0.25, -0.2) is 0 Å². The molecule has 1 heterocycles. The van der Waals surface area contributed by atoms with E-state index < -0.39 is 0 Å². The summed E-state index contributed by atoms with van der Waals surface area (Å²) in [6, 6.07) is 11.3. The summed E-state index contributed by atoms with van der Waals surface area (Å²) in [5, 5.41) is 0. The summed E-state index contributed by atoms with van der Waals surface area (Å²) < 4.78 is 19.3. The molecule has 3 rings (SSSR count). The van der Waals surface area contributed by atoms with Gasteiger partial charge in [0, 0.05) is 35.7 Å². The second kappa shape index (κ2) is 9.96. The highest BCUT2D eigenvalue weighted by Crippen LogP contribution is 2.33. The van der Waals surface area contributed by atoms with E-state index in [1.54, 1.807) is 32.0 Å². The molecule has 0 radical (unpaired) electrons. The summed E-state index contributed by atoms with van der Waals surface area (Å²) >= 11 is 3.04. The molecule has 0 saturated heterocycles. The van der Waals surface area contributed by atoms with Gasteiger partial charge in [-0.3, -0.25) is 4.79 Å². The third kappa shape index (κ3) is 4.83. The van der Waals surface area contributed by atoms with Gasteiger partial charge < -0.3 is 18.8 Å². The number of thiazole rings is 1. The van der Waals surface area contributed by atoms with E-state index in [0.717, 1.165) is 15.1 Å². The van der Waals surface area contributed by atoms with Crippen molar-refractivity contribution in [3.8, 4) is 11.5 Å². The monoisotopic (exact) mass is 432 g/mol. The zero-order chi connectivity index (χ0) is 20.8. The van der Waals surface area contributed by atoms with Crippen LogP contribution in [0.25, 0.3) is 10.2 Å². The molecule has 1 amide bonds. The third-order valence-corrected chi connectivity index (χ3v) is 6.13. The lowest BCUT2D eigenvalue weighted by Crippen LogP contribution is -2.19. The van der Waals surface area contributed by atoms with Crippen LogP contribution in [0.2, 0.25) is 0 Å². The Morgan fingerprint density at radius 3 is 2.62 bits per heavy atom. The minimum absolute atomic E-state index is 0.267. The molecule has 0 unspecified atom stereocenters. The molecule has 29 heavy (non-hydrogen) atoms. The van der Waals surface area contributed by atoms with E-state index in [0.29, 0.717) is 41.6 Å². The number of hydrogen-bond acceptors (Lipinski definition) is 6. The van der Waals surface area contributed by atoms with Crippen molar-refractivity contribution in [2.45, 2.75) is 18.4 Å². The number of nitrogens with zero attached hydrogens (tertiary/aromatic N) is 2. The molecule has 0 aliphatic heterocycles. The summed E-state index contributed by atoms with van der Waals surface area (Å²) in [6.07, 6.45) is 1.98. The number of carbonyl (C=O) groups excluding carboxylic acids is 1. The summed E-state index contributed by atoms with van der Waals surface area (Å²) in [7, 11) is 3.21. The fourth-order valence-corrected chi connectivity index (χ4v) is 4.43. The van der Waals surface area contributed by atoms with Crippen molar-refractivity contribution in [2.24, 2.45) is 4.99 Å². The van der Waals surface area contributed by atoms with Crippen molar-refractivity contribution in [1.29, 1.82) is 0 Å². The lowest BCUT2D eigenvalue weighted by Gasteiger charge is -2.09. The third-order valence-electron chi connectivity index (χ3n) is 4.37. The Labute approximate surface area is 178 Å². The van der Waals surface area contributed by atoms with Crippen LogP contribution >= 0.6 is 23.1 Å². The zero-order valence-electron chi connectivity index (χ0n) is 16.9. The molecule has 1 aromatic heterocycles. The molecule has 2 aromatic carbocycles. The van der Waals surface area contributed by atoms with Crippen molar-refractivity contribution < 1.29 is 19.0 Å². The Kier molecular flexibility index (Phi) is 7.35. The number of ether oxygens (including phenoxy) is 3. The van der Waals surface area contributed by atoms with Gasteiger partial charge in [0.1, 0.15) is 0 Å². The number of aromatic nitrogens is 1.